The number of ketones is 2. The molecule has 1 atom stereocenters. The largest absolute Gasteiger partial charge is 0.485 e. The van der Waals surface area contributed by atoms with Gasteiger partial charge < -0.3 is 19.4 Å². The Labute approximate surface area is 209 Å². The molecule has 0 saturated heterocycles. The summed E-state index contributed by atoms with van der Waals surface area (Å²) in [6.45, 7) is 0.548. The molecule has 2 heterocycles. The smallest absolute Gasteiger partial charge is 0.255 e. The minimum absolute atomic E-state index is 0.0489. The van der Waals surface area contributed by atoms with Gasteiger partial charge in [-0.2, -0.15) is 0 Å². The number of furan rings is 1. The molecule has 2 saturated carbocycles. The maximum Gasteiger partial charge on any atom is 0.255 e. The molecule has 1 N–H and O–H groups in total. The zero-order chi connectivity index (χ0) is 24.6. The molecule has 2 aliphatic carbocycles. The van der Waals surface area contributed by atoms with Crippen LogP contribution in [0.5, 0.6) is 5.75 Å². The van der Waals surface area contributed by atoms with E-state index in [1.807, 2.05) is 18.2 Å². The van der Waals surface area contributed by atoms with E-state index in [1.54, 1.807) is 17.0 Å². The first-order valence-corrected chi connectivity index (χ1v) is 12.9. The average Bonchev–Trinajstić information content (AvgIpc) is 3.44. The van der Waals surface area contributed by atoms with E-state index in [4.69, 9.17) is 9.15 Å². The van der Waals surface area contributed by atoms with Crippen LogP contribution in [0.3, 0.4) is 0 Å². The van der Waals surface area contributed by atoms with Gasteiger partial charge >= 0.3 is 0 Å². The van der Waals surface area contributed by atoms with Crippen molar-refractivity contribution in [1.29, 1.82) is 0 Å². The van der Waals surface area contributed by atoms with Crippen molar-refractivity contribution in [2.24, 2.45) is 0 Å². The number of Topliss-reactive ketones (excluding diaryl/α,β-unsaturated/α-hetero) is 2. The minimum atomic E-state index is -0.540. The molecule has 2 fully saturated rings. The number of carbonyl (C=O) groups excluding carboxylic acids is 3. The highest BCUT2D eigenvalue weighted by atomic mass is 16.5. The fourth-order valence-corrected chi connectivity index (χ4v) is 5.79. The second kappa shape index (κ2) is 9.45. The van der Waals surface area contributed by atoms with Crippen LogP contribution in [0.4, 0.5) is 5.69 Å². The molecule has 3 aromatic rings. The minimum Gasteiger partial charge on any atom is -0.485 e. The number of nitrogens with zero attached hydrogens (tertiary/aromatic N) is 1. The molecule has 3 aliphatic rings. The van der Waals surface area contributed by atoms with Crippen LogP contribution < -0.4 is 10.1 Å². The monoisotopic (exact) mass is 486 g/mol. The Morgan fingerprint density at radius 1 is 1.00 bits per heavy atom. The lowest BCUT2D eigenvalue weighted by molar-refractivity contribution is -0.133. The second-order valence-electron chi connectivity index (χ2n) is 10.2. The fraction of sp³-hybridized carbons (Fsp3) is 0.414. The number of nitrogens with one attached hydrogen (secondary N) is 1. The van der Waals surface area contributed by atoms with Gasteiger partial charge in [-0.3, -0.25) is 14.4 Å². The summed E-state index contributed by atoms with van der Waals surface area (Å²) in [5, 5.41) is 4.68. The van der Waals surface area contributed by atoms with Crippen molar-refractivity contribution in [3.8, 4) is 5.75 Å². The highest BCUT2D eigenvalue weighted by molar-refractivity contribution is 6.07. The van der Waals surface area contributed by atoms with Crippen LogP contribution in [0.15, 0.2) is 46.9 Å². The quantitative estimate of drug-likeness (QED) is 0.469. The van der Waals surface area contributed by atoms with Crippen molar-refractivity contribution in [3.05, 3.63) is 59.4 Å². The lowest BCUT2D eigenvalue weighted by atomic mass is 9.92. The van der Waals surface area contributed by atoms with Gasteiger partial charge in [-0.05, 0) is 55.7 Å². The van der Waals surface area contributed by atoms with E-state index in [0.29, 0.717) is 42.5 Å². The van der Waals surface area contributed by atoms with Crippen LogP contribution in [0.25, 0.3) is 11.0 Å². The van der Waals surface area contributed by atoms with Crippen molar-refractivity contribution in [1.82, 2.24) is 4.90 Å². The number of carbonyl (C=O) groups is 3. The third-order valence-corrected chi connectivity index (χ3v) is 7.68. The third-order valence-electron chi connectivity index (χ3n) is 7.68. The molecule has 1 amide bonds. The number of hydrogen-bond donors (Lipinski definition) is 1. The molecular weight excluding hydrogens is 456 g/mol. The molecule has 0 bridgehead atoms. The number of fused-ring (bicyclic) bond motifs is 2. The van der Waals surface area contributed by atoms with E-state index in [1.165, 1.54) is 32.1 Å². The second-order valence-corrected chi connectivity index (χ2v) is 10.2. The van der Waals surface area contributed by atoms with Gasteiger partial charge in [-0.25, -0.2) is 0 Å². The van der Waals surface area contributed by atoms with Crippen LogP contribution in [0, 0.1) is 0 Å². The van der Waals surface area contributed by atoms with Crippen LogP contribution in [0.1, 0.15) is 73.0 Å². The van der Waals surface area contributed by atoms with E-state index >= 15 is 0 Å². The first kappa shape index (κ1) is 22.8. The zero-order valence-corrected chi connectivity index (χ0v) is 20.3. The highest BCUT2D eigenvalue weighted by Gasteiger charge is 2.40. The predicted molar refractivity (Wildman–Crippen MR) is 135 cm³/mol. The van der Waals surface area contributed by atoms with Crippen molar-refractivity contribution in [2.75, 3.05) is 5.32 Å². The molecule has 36 heavy (non-hydrogen) atoms. The molecule has 1 aromatic heterocycles. The van der Waals surface area contributed by atoms with Crippen LogP contribution >= 0.6 is 0 Å². The molecule has 1 aliphatic heterocycles. The maximum atomic E-state index is 13.1. The van der Waals surface area contributed by atoms with Crippen LogP contribution in [-0.4, -0.2) is 34.5 Å². The Morgan fingerprint density at radius 3 is 2.69 bits per heavy atom. The Hall–Kier alpha value is -3.61. The molecule has 0 radical (unpaired) electrons. The van der Waals surface area contributed by atoms with Crippen molar-refractivity contribution in [3.63, 3.8) is 0 Å². The van der Waals surface area contributed by atoms with Crippen molar-refractivity contribution < 1.29 is 23.5 Å². The number of amides is 1. The Balaban J connectivity index is 1.15. The summed E-state index contributed by atoms with van der Waals surface area (Å²) in [5.74, 6) is 0.925. The van der Waals surface area contributed by atoms with Crippen LogP contribution in [-0.2, 0) is 22.7 Å². The highest BCUT2D eigenvalue weighted by Crippen LogP contribution is 2.35. The van der Waals surface area contributed by atoms with E-state index in [9.17, 15) is 14.4 Å². The van der Waals surface area contributed by atoms with Gasteiger partial charge in [0.2, 0.25) is 0 Å². The lowest BCUT2D eigenvalue weighted by Gasteiger charge is -2.29. The number of rotatable bonds is 6. The lowest BCUT2D eigenvalue weighted by Crippen LogP contribution is -2.44. The normalized spacial score (nSPS) is 20.7. The number of ether oxygens (including phenoxy) is 1. The predicted octanol–water partition coefficient (Wildman–Crippen LogP) is 5.40. The van der Waals surface area contributed by atoms with Crippen molar-refractivity contribution >= 4 is 34.1 Å². The number of hydrogen-bond acceptors (Lipinski definition) is 6. The van der Waals surface area contributed by atoms with Gasteiger partial charge in [0.15, 0.2) is 5.78 Å². The number of benzene rings is 2. The van der Waals surface area contributed by atoms with E-state index < -0.39 is 6.04 Å². The molecule has 186 valence electrons. The van der Waals surface area contributed by atoms with E-state index in [0.717, 1.165) is 22.2 Å². The maximum absolute atomic E-state index is 13.1. The van der Waals surface area contributed by atoms with Crippen molar-refractivity contribution in [2.45, 2.75) is 76.6 Å². The molecular formula is C29H30N2O5. The standard InChI is InChI=1S/C29H30N2O5/c32-21-10-11-25(26(33)15-21)31-16-24-23(29(31)34)7-4-8-28(24)35-17-22-14-18-13-20(9-12-27(18)36-22)30-19-5-2-1-3-6-19/h4,7-9,12-14,19,25,30H,1-3,5-6,10-11,15-17H2. The summed E-state index contributed by atoms with van der Waals surface area (Å²) >= 11 is 0. The molecule has 2 aromatic carbocycles. The molecule has 1 unspecified atom stereocenters. The van der Waals surface area contributed by atoms with Gasteiger partial charge in [0, 0.05) is 34.7 Å². The topological polar surface area (TPSA) is 88.8 Å². The SMILES string of the molecule is O=C1CCC(N2Cc3c(OCc4cc5cc(NC6CCCCC6)ccc5o4)cccc3C2=O)C(=O)C1. The van der Waals surface area contributed by atoms with Gasteiger partial charge in [0.05, 0.1) is 19.0 Å². The third kappa shape index (κ3) is 4.38. The van der Waals surface area contributed by atoms with Gasteiger partial charge in [-0.15, -0.1) is 0 Å². The molecule has 7 heteroatoms. The Kier molecular flexibility index (Phi) is 5.99. The Bertz CT molecular complexity index is 1340. The summed E-state index contributed by atoms with van der Waals surface area (Å²) in [6.07, 6.45) is 6.99. The summed E-state index contributed by atoms with van der Waals surface area (Å²) in [7, 11) is 0. The van der Waals surface area contributed by atoms with Gasteiger partial charge in [0.25, 0.3) is 5.91 Å². The summed E-state index contributed by atoms with van der Waals surface area (Å²) in [6, 6.07) is 13.6. The van der Waals surface area contributed by atoms with Crippen LogP contribution in [0.2, 0.25) is 0 Å². The zero-order valence-electron chi connectivity index (χ0n) is 20.3. The van der Waals surface area contributed by atoms with E-state index in [2.05, 4.69) is 17.4 Å². The van der Waals surface area contributed by atoms with E-state index in [-0.39, 0.29) is 30.5 Å². The van der Waals surface area contributed by atoms with Gasteiger partial charge in [0.1, 0.15) is 29.5 Å². The Morgan fingerprint density at radius 2 is 1.86 bits per heavy atom. The van der Waals surface area contributed by atoms with Gasteiger partial charge in [-0.1, -0.05) is 25.3 Å². The summed E-state index contributed by atoms with van der Waals surface area (Å²) in [5.41, 5.74) is 3.26. The molecule has 0 spiro atoms. The molecule has 6 rings (SSSR count). The fourth-order valence-electron chi connectivity index (χ4n) is 5.79. The summed E-state index contributed by atoms with van der Waals surface area (Å²) in [4.78, 5) is 38.7. The first-order chi connectivity index (χ1) is 17.5. The summed E-state index contributed by atoms with van der Waals surface area (Å²) < 4.78 is 12.1. The first-order valence-electron chi connectivity index (χ1n) is 12.9. The molecule has 7 nitrogen and oxygen atoms in total. The average molecular weight is 487 g/mol. The number of anilines is 1.